The predicted octanol–water partition coefficient (Wildman–Crippen LogP) is 4.10. The SMILES string of the molecule is N=C(N)c1cccc(CC(N[S+]([O-])c2cccc(-c3ccccc3Cl)c2)C(=O)N2CCC(CCN)CC2)c1. The third-order valence-corrected chi connectivity index (χ3v) is 8.47. The molecule has 0 bridgehead atoms. The van der Waals surface area contributed by atoms with Crippen LogP contribution in [-0.2, 0) is 22.6 Å². The molecule has 0 aromatic heterocycles. The van der Waals surface area contributed by atoms with Gasteiger partial charge in [-0.25, -0.2) is 0 Å². The van der Waals surface area contributed by atoms with Crippen LogP contribution >= 0.6 is 11.6 Å². The second-order valence-electron chi connectivity index (χ2n) is 9.61. The molecule has 9 heteroatoms. The van der Waals surface area contributed by atoms with Crippen molar-refractivity contribution in [2.24, 2.45) is 17.4 Å². The van der Waals surface area contributed by atoms with Crippen LogP contribution in [0.4, 0.5) is 0 Å². The highest BCUT2D eigenvalue weighted by atomic mass is 35.5. The van der Waals surface area contributed by atoms with E-state index in [1.54, 1.807) is 18.2 Å². The Hall–Kier alpha value is -2.88. The first-order valence-corrected chi connectivity index (χ1v) is 14.3. The summed E-state index contributed by atoms with van der Waals surface area (Å²) in [5.74, 6) is 0.411. The van der Waals surface area contributed by atoms with Gasteiger partial charge in [0.2, 0.25) is 5.91 Å². The summed E-state index contributed by atoms with van der Waals surface area (Å²) >= 11 is 4.73. The molecule has 7 nitrogen and oxygen atoms in total. The minimum Gasteiger partial charge on any atom is -0.593 e. The summed E-state index contributed by atoms with van der Waals surface area (Å²) in [4.78, 5) is 16.1. The number of benzene rings is 3. The number of hydrogen-bond donors (Lipinski definition) is 4. The zero-order valence-corrected chi connectivity index (χ0v) is 22.8. The Balaban J connectivity index is 1.56. The van der Waals surface area contributed by atoms with Crippen molar-refractivity contribution in [2.45, 2.75) is 36.6 Å². The van der Waals surface area contributed by atoms with Crippen LogP contribution in [0.5, 0.6) is 0 Å². The van der Waals surface area contributed by atoms with Crippen LogP contribution in [0.3, 0.4) is 0 Å². The normalized spacial score (nSPS) is 15.7. The van der Waals surface area contributed by atoms with Crippen LogP contribution in [0.2, 0.25) is 5.02 Å². The summed E-state index contributed by atoms with van der Waals surface area (Å²) < 4.78 is 16.6. The molecule has 4 rings (SSSR count). The monoisotopic (exact) mass is 551 g/mol. The van der Waals surface area contributed by atoms with Gasteiger partial charge in [0.1, 0.15) is 11.9 Å². The molecule has 1 amide bonds. The van der Waals surface area contributed by atoms with Crippen LogP contribution in [-0.4, -0.2) is 46.9 Å². The molecule has 200 valence electrons. The topological polar surface area (TPSA) is 131 Å². The molecular weight excluding hydrogens is 518 g/mol. The number of piperidine rings is 1. The smallest absolute Gasteiger partial charge is 0.244 e. The third kappa shape index (κ3) is 7.15. The van der Waals surface area contributed by atoms with E-state index in [1.807, 2.05) is 59.5 Å². The van der Waals surface area contributed by atoms with Gasteiger partial charge in [0.15, 0.2) is 4.90 Å². The number of nitrogens with zero attached hydrogens (tertiary/aromatic N) is 1. The molecule has 0 radical (unpaired) electrons. The zero-order chi connectivity index (χ0) is 27.1. The fourth-order valence-electron chi connectivity index (χ4n) is 4.85. The van der Waals surface area contributed by atoms with Gasteiger partial charge in [0.05, 0.1) is 11.4 Å². The number of rotatable bonds is 10. The number of nitrogen functional groups attached to an aromatic ring is 1. The average Bonchev–Trinajstić information content (AvgIpc) is 2.93. The molecule has 1 fully saturated rings. The molecule has 1 saturated heterocycles. The first kappa shape index (κ1) is 28.1. The number of halogens is 1. The number of nitrogens with one attached hydrogen (secondary N) is 2. The van der Waals surface area contributed by atoms with Gasteiger partial charge in [-0.15, -0.1) is 4.72 Å². The Morgan fingerprint density at radius 2 is 1.84 bits per heavy atom. The maximum Gasteiger partial charge on any atom is 0.244 e. The molecule has 0 saturated carbocycles. The highest BCUT2D eigenvalue weighted by molar-refractivity contribution is 7.89. The number of amides is 1. The van der Waals surface area contributed by atoms with E-state index in [0.29, 0.717) is 47.5 Å². The van der Waals surface area contributed by atoms with Crippen LogP contribution in [0.1, 0.15) is 30.4 Å². The van der Waals surface area contributed by atoms with Crippen LogP contribution in [0.25, 0.3) is 11.1 Å². The minimum atomic E-state index is -1.65. The van der Waals surface area contributed by atoms with Gasteiger partial charge >= 0.3 is 0 Å². The summed E-state index contributed by atoms with van der Waals surface area (Å²) in [6.07, 6.45) is 3.11. The minimum absolute atomic E-state index is 0.0374. The van der Waals surface area contributed by atoms with Crippen molar-refractivity contribution in [3.05, 3.63) is 88.9 Å². The molecular formula is C29H34ClN5O2S. The van der Waals surface area contributed by atoms with Crippen molar-refractivity contribution in [1.29, 1.82) is 5.41 Å². The van der Waals surface area contributed by atoms with E-state index in [1.165, 1.54) is 0 Å². The summed E-state index contributed by atoms with van der Waals surface area (Å²) in [5, 5.41) is 8.37. The van der Waals surface area contributed by atoms with Crippen LogP contribution < -0.4 is 16.2 Å². The number of amidine groups is 1. The Labute approximate surface area is 232 Å². The molecule has 0 aliphatic carbocycles. The number of nitrogens with two attached hydrogens (primary N) is 2. The summed E-state index contributed by atoms with van der Waals surface area (Å²) in [6.45, 7) is 1.97. The van der Waals surface area contributed by atoms with Crippen molar-refractivity contribution in [1.82, 2.24) is 9.62 Å². The zero-order valence-electron chi connectivity index (χ0n) is 21.2. The highest BCUT2D eigenvalue weighted by Crippen LogP contribution is 2.29. The number of likely N-dealkylation sites (tertiary alicyclic amines) is 1. The summed E-state index contributed by atoms with van der Waals surface area (Å²) in [5.41, 5.74) is 14.5. The van der Waals surface area contributed by atoms with E-state index in [4.69, 9.17) is 28.5 Å². The quantitative estimate of drug-likeness (QED) is 0.171. The first-order chi connectivity index (χ1) is 18.4. The van der Waals surface area contributed by atoms with Crippen LogP contribution in [0, 0.1) is 11.3 Å². The van der Waals surface area contributed by atoms with Gasteiger partial charge in [-0.05, 0) is 61.1 Å². The van der Waals surface area contributed by atoms with Gasteiger partial charge in [-0.1, -0.05) is 60.1 Å². The second kappa shape index (κ2) is 13.3. The molecule has 3 aromatic rings. The highest BCUT2D eigenvalue weighted by Gasteiger charge is 2.32. The maximum absolute atomic E-state index is 13.7. The largest absolute Gasteiger partial charge is 0.593 e. The molecule has 2 unspecified atom stereocenters. The van der Waals surface area contributed by atoms with E-state index >= 15 is 0 Å². The lowest BCUT2D eigenvalue weighted by atomic mass is 9.93. The Bertz CT molecular complexity index is 1260. The fourth-order valence-corrected chi connectivity index (χ4v) is 6.11. The lowest BCUT2D eigenvalue weighted by Crippen LogP contribution is -2.51. The van der Waals surface area contributed by atoms with Crippen LogP contribution in [0.15, 0.2) is 77.7 Å². The van der Waals surface area contributed by atoms with Gasteiger partial charge in [0, 0.05) is 41.7 Å². The van der Waals surface area contributed by atoms with E-state index in [2.05, 4.69) is 4.72 Å². The Kier molecular flexibility index (Phi) is 9.82. The van der Waals surface area contributed by atoms with Crippen molar-refractivity contribution in [3.8, 4) is 11.1 Å². The number of hydrogen-bond acceptors (Lipinski definition) is 5. The standard InChI is InChI=1S/C29H34ClN5O2S/c30-26-10-2-1-9-25(26)22-6-4-8-24(19-22)38(37)34-27(18-21-5-3-7-23(17-21)28(32)33)29(36)35-15-12-20(11-14-31)13-16-35/h1-10,17,19-20,27,34H,11-16,18,31H2,(H3,32,33). The lowest BCUT2D eigenvalue weighted by Gasteiger charge is -2.34. The maximum atomic E-state index is 13.7. The number of carbonyl (C=O) groups is 1. The Morgan fingerprint density at radius 1 is 1.11 bits per heavy atom. The lowest BCUT2D eigenvalue weighted by molar-refractivity contribution is -0.134. The molecule has 0 spiro atoms. The number of carbonyl (C=O) groups excluding carboxylic acids is 1. The van der Waals surface area contributed by atoms with Gasteiger partial charge < -0.3 is 20.9 Å². The molecule has 38 heavy (non-hydrogen) atoms. The van der Waals surface area contributed by atoms with Gasteiger partial charge in [-0.2, -0.15) is 0 Å². The Morgan fingerprint density at radius 3 is 2.55 bits per heavy atom. The third-order valence-electron chi connectivity index (χ3n) is 6.96. The fraction of sp³-hybridized carbons (Fsp3) is 0.310. The molecule has 1 aliphatic heterocycles. The summed E-state index contributed by atoms with van der Waals surface area (Å²) in [7, 11) is 0. The molecule has 6 N–H and O–H groups in total. The van der Waals surface area contributed by atoms with E-state index in [-0.39, 0.29) is 11.7 Å². The van der Waals surface area contributed by atoms with Gasteiger partial charge in [0.25, 0.3) is 0 Å². The first-order valence-electron chi connectivity index (χ1n) is 12.8. The molecule has 1 heterocycles. The van der Waals surface area contributed by atoms with Crippen molar-refractivity contribution < 1.29 is 9.35 Å². The predicted molar refractivity (Wildman–Crippen MR) is 154 cm³/mol. The average molecular weight is 552 g/mol. The van der Waals surface area contributed by atoms with Gasteiger partial charge in [-0.3, -0.25) is 10.2 Å². The van der Waals surface area contributed by atoms with Crippen molar-refractivity contribution in [2.75, 3.05) is 19.6 Å². The molecule has 1 aliphatic rings. The summed E-state index contributed by atoms with van der Waals surface area (Å²) in [6, 6.07) is 21.4. The van der Waals surface area contributed by atoms with Crippen molar-refractivity contribution in [3.63, 3.8) is 0 Å². The van der Waals surface area contributed by atoms with Crippen molar-refractivity contribution >= 4 is 34.7 Å². The molecule has 3 aromatic carbocycles. The molecule has 2 atom stereocenters. The van der Waals surface area contributed by atoms with E-state index in [0.717, 1.165) is 36.0 Å². The van der Waals surface area contributed by atoms with E-state index < -0.39 is 17.4 Å². The second-order valence-corrected chi connectivity index (χ2v) is 11.3. The van der Waals surface area contributed by atoms with E-state index in [9.17, 15) is 9.35 Å².